The van der Waals surface area contributed by atoms with Gasteiger partial charge in [0.25, 0.3) is 5.91 Å². The Hall–Kier alpha value is -2.20. The van der Waals surface area contributed by atoms with E-state index in [-0.39, 0.29) is 17.1 Å². The molecule has 1 aliphatic rings. The minimum Gasteiger partial charge on any atom is -0.381 e. The molecule has 1 aliphatic heterocycles. The summed E-state index contributed by atoms with van der Waals surface area (Å²) in [6.07, 6.45) is 1.62. The van der Waals surface area contributed by atoms with Gasteiger partial charge >= 0.3 is 0 Å². The van der Waals surface area contributed by atoms with Crippen LogP contribution in [0.15, 0.2) is 42.5 Å². The van der Waals surface area contributed by atoms with Crippen molar-refractivity contribution in [3.63, 3.8) is 0 Å². The van der Waals surface area contributed by atoms with Crippen molar-refractivity contribution in [1.82, 2.24) is 5.32 Å². The van der Waals surface area contributed by atoms with E-state index in [9.17, 15) is 9.18 Å². The number of amides is 1. The van der Waals surface area contributed by atoms with Gasteiger partial charge in [0.05, 0.1) is 0 Å². The number of rotatable bonds is 4. The van der Waals surface area contributed by atoms with Gasteiger partial charge in [-0.2, -0.15) is 0 Å². The van der Waals surface area contributed by atoms with Gasteiger partial charge in [0.1, 0.15) is 5.82 Å². The molecule has 1 fully saturated rings. The molecule has 0 unspecified atom stereocenters. The fourth-order valence-electron chi connectivity index (χ4n) is 3.46. The second-order valence-corrected chi connectivity index (χ2v) is 6.90. The lowest BCUT2D eigenvalue weighted by molar-refractivity contribution is 0.0487. The highest BCUT2D eigenvalue weighted by Gasteiger charge is 2.35. The lowest BCUT2D eigenvalue weighted by Crippen LogP contribution is -2.44. The number of nitrogens with one attached hydrogen (secondary N) is 1. The van der Waals surface area contributed by atoms with Crippen LogP contribution < -0.4 is 5.32 Å². The maximum absolute atomic E-state index is 13.3. The fraction of sp³-hybridized carbons (Fsp3) is 0.381. The van der Waals surface area contributed by atoms with E-state index in [0.29, 0.717) is 25.3 Å². The summed E-state index contributed by atoms with van der Waals surface area (Å²) in [4.78, 5) is 12.7. The number of aryl methyl sites for hydroxylation is 2. The predicted octanol–water partition coefficient (Wildman–Crippen LogP) is 3.92. The largest absolute Gasteiger partial charge is 0.381 e. The SMILES string of the molecule is Cc1ccc(C)c(C(=O)NCC2(c3ccc(F)cc3)CCOCC2)c1. The summed E-state index contributed by atoms with van der Waals surface area (Å²) in [6, 6.07) is 12.5. The number of benzene rings is 2. The minimum absolute atomic E-state index is 0.0609. The average Bonchev–Trinajstić information content (AvgIpc) is 2.63. The fourth-order valence-corrected chi connectivity index (χ4v) is 3.46. The summed E-state index contributed by atoms with van der Waals surface area (Å²) in [6.45, 7) is 5.74. The van der Waals surface area contributed by atoms with E-state index < -0.39 is 0 Å². The van der Waals surface area contributed by atoms with E-state index in [4.69, 9.17) is 4.74 Å². The molecule has 132 valence electrons. The molecule has 1 amide bonds. The first-order valence-electron chi connectivity index (χ1n) is 8.69. The maximum Gasteiger partial charge on any atom is 0.251 e. The minimum atomic E-state index is -0.245. The van der Waals surface area contributed by atoms with Crippen molar-refractivity contribution in [2.75, 3.05) is 19.8 Å². The Balaban J connectivity index is 1.80. The van der Waals surface area contributed by atoms with Crippen LogP contribution >= 0.6 is 0 Å². The molecule has 3 nitrogen and oxygen atoms in total. The monoisotopic (exact) mass is 341 g/mol. The molecule has 0 radical (unpaired) electrons. The van der Waals surface area contributed by atoms with Crippen molar-refractivity contribution in [2.45, 2.75) is 32.1 Å². The van der Waals surface area contributed by atoms with Crippen LogP contribution in [0.4, 0.5) is 4.39 Å². The smallest absolute Gasteiger partial charge is 0.251 e. The van der Waals surface area contributed by atoms with Gasteiger partial charge in [-0.1, -0.05) is 29.8 Å². The highest BCUT2D eigenvalue weighted by atomic mass is 19.1. The lowest BCUT2D eigenvalue weighted by atomic mass is 9.74. The van der Waals surface area contributed by atoms with Crippen LogP contribution in [0.25, 0.3) is 0 Å². The van der Waals surface area contributed by atoms with Crippen LogP contribution in [0, 0.1) is 19.7 Å². The van der Waals surface area contributed by atoms with Gasteiger partial charge in [-0.15, -0.1) is 0 Å². The molecular formula is C21H24FNO2. The third-order valence-electron chi connectivity index (χ3n) is 5.13. The summed E-state index contributed by atoms with van der Waals surface area (Å²) >= 11 is 0. The molecule has 0 saturated carbocycles. The molecule has 1 saturated heterocycles. The number of halogens is 1. The maximum atomic E-state index is 13.3. The molecular weight excluding hydrogens is 317 g/mol. The van der Waals surface area contributed by atoms with Gasteiger partial charge in [-0.05, 0) is 56.0 Å². The van der Waals surface area contributed by atoms with E-state index in [0.717, 1.165) is 29.5 Å². The Bertz CT molecular complexity index is 749. The summed E-state index contributed by atoms with van der Waals surface area (Å²) in [7, 11) is 0. The molecule has 3 rings (SSSR count). The van der Waals surface area contributed by atoms with Crippen molar-refractivity contribution in [1.29, 1.82) is 0 Å². The molecule has 0 atom stereocenters. The van der Waals surface area contributed by atoms with Gasteiger partial charge in [0.2, 0.25) is 0 Å². The topological polar surface area (TPSA) is 38.3 Å². The van der Waals surface area contributed by atoms with Gasteiger partial charge < -0.3 is 10.1 Å². The first-order chi connectivity index (χ1) is 12.0. The second kappa shape index (κ2) is 7.36. The third-order valence-corrected chi connectivity index (χ3v) is 5.13. The van der Waals surface area contributed by atoms with Crippen LogP contribution in [0.2, 0.25) is 0 Å². The molecule has 4 heteroatoms. The highest BCUT2D eigenvalue weighted by molar-refractivity contribution is 5.95. The highest BCUT2D eigenvalue weighted by Crippen LogP contribution is 2.34. The van der Waals surface area contributed by atoms with E-state index in [2.05, 4.69) is 5.32 Å². The molecule has 0 spiro atoms. The number of ether oxygens (including phenoxy) is 1. The Kier molecular flexibility index (Phi) is 5.19. The van der Waals surface area contributed by atoms with E-state index in [1.807, 2.05) is 44.2 Å². The standard InChI is InChI=1S/C21H24FNO2/c1-15-3-4-16(2)19(13-15)20(24)23-14-21(9-11-25-12-10-21)17-5-7-18(22)8-6-17/h3-8,13H,9-12,14H2,1-2H3,(H,23,24). The van der Waals surface area contributed by atoms with Gasteiger partial charge in [0, 0.05) is 30.7 Å². The van der Waals surface area contributed by atoms with Gasteiger partial charge in [-0.3, -0.25) is 4.79 Å². The Morgan fingerprint density at radius 3 is 2.48 bits per heavy atom. The van der Waals surface area contributed by atoms with Crippen molar-refractivity contribution >= 4 is 5.91 Å². The summed E-state index contributed by atoms with van der Waals surface area (Å²) in [5, 5.41) is 3.10. The summed E-state index contributed by atoms with van der Waals surface area (Å²) < 4.78 is 18.8. The number of hydrogen-bond acceptors (Lipinski definition) is 2. The van der Waals surface area contributed by atoms with Crippen molar-refractivity contribution in [2.24, 2.45) is 0 Å². The molecule has 2 aromatic rings. The lowest BCUT2D eigenvalue weighted by Gasteiger charge is -2.38. The van der Waals surface area contributed by atoms with Crippen molar-refractivity contribution in [3.8, 4) is 0 Å². The van der Waals surface area contributed by atoms with Crippen LogP contribution in [-0.2, 0) is 10.2 Å². The predicted molar refractivity (Wildman–Crippen MR) is 96.4 cm³/mol. The molecule has 25 heavy (non-hydrogen) atoms. The molecule has 0 aromatic heterocycles. The van der Waals surface area contributed by atoms with E-state index in [1.165, 1.54) is 12.1 Å². The number of hydrogen-bond donors (Lipinski definition) is 1. The Labute approximate surface area is 148 Å². The van der Waals surface area contributed by atoms with Crippen LogP contribution in [-0.4, -0.2) is 25.7 Å². The molecule has 0 aliphatic carbocycles. The summed E-state index contributed by atoms with van der Waals surface area (Å²) in [5.41, 5.74) is 3.58. The van der Waals surface area contributed by atoms with Crippen LogP contribution in [0.3, 0.4) is 0 Å². The quantitative estimate of drug-likeness (QED) is 0.915. The molecule has 1 N–H and O–H groups in total. The Morgan fingerprint density at radius 2 is 1.80 bits per heavy atom. The van der Waals surface area contributed by atoms with Crippen LogP contribution in [0.1, 0.15) is 39.9 Å². The number of carbonyl (C=O) groups is 1. The third kappa shape index (κ3) is 3.90. The second-order valence-electron chi connectivity index (χ2n) is 6.90. The first-order valence-corrected chi connectivity index (χ1v) is 8.69. The number of carbonyl (C=O) groups excluding carboxylic acids is 1. The van der Waals surface area contributed by atoms with Crippen molar-refractivity contribution in [3.05, 3.63) is 70.5 Å². The van der Waals surface area contributed by atoms with E-state index in [1.54, 1.807) is 0 Å². The van der Waals surface area contributed by atoms with Crippen molar-refractivity contribution < 1.29 is 13.9 Å². The Morgan fingerprint density at radius 1 is 1.12 bits per heavy atom. The molecule has 2 aromatic carbocycles. The average molecular weight is 341 g/mol. The van der Waals surface area contributed by atoms with Gasteiger partial charge in [0.15, 0.2) is 0 Å². The first kappa shape index (κ1) is 17.6. The van der Waals surface area contributed by atoms with E-state index >= 15 is 0 Å². The molecule has 1 heterocycles. The van der Waals surface area contributed by atoms with Gasteiger partial charge in [-0.25, -0.2) is 4.39 Å². The zero-order chi connectivity index (χ0) is 17.9. The zero-order valence-corrected chi connectivity index (χ0v) is 14.8. The molecule has 0 bridgehead atoms. The zero-order valence-electron chi connectivity index (χ0n) is 14.8. The van der Waals surface area contributed by atoms with Crippen LogP contribution in [0.5, 0.6) is 0 Å². The summed E-state index contributed by atoms with van der Waals surface area (Å²) in [5.74, 6) is -0.306. The normalized spacial score (nSPS) is 16.4.